The predicted molar refractivity (Wildman–Crippen MR) is 92.3 cm³/mol. The van der Waals surface area contributed by atoms with Crippen LogP contribution >= 0.6 is 11.6 Å². The second kappa shape index (κ2) is 6.17. The first-order valence-electron chi connectivity index (χ1n) is 6.93. The van der Waals surface area contributed by atoms with E-state index in [1.807, 2.05) is 30.3 Å². The number of nitrogens with one attached hydrogen (secondary N) is 1. The van der Waals surface area contributed by atoms with Gasteiger partial charge in [0.05, 0.1) is 26.9 Å². The zero-order valence-electron chi connectivity index (χ0n) is 12.2. The summed E-state index contributed by atoms with van der Waals surface area (Å²) in [5.41, 5.74) is 0.316. The fourth-order valence-corrected chi connectivity index (χ4v) is 2.65. The van der Waals surface area contributed by atoms with Gasteiger partial charge in [-0.15, -0.1) is 0 Å². The molecule has 0 amide bonds. The molecule has 3 aromatic carbocycles. The van der Waals surface area contributed by atoms with E-state index in [0.29, 0.717) is 10.7 Å². The highest BCUT2D eigenvalue weighted by Gasteiger charge is 2.17. The number of hydrogen-bond donors (Lipinski definition) is 2. The lowest BCUT2D eigenvalue weighted by Crippen LogP contribution is -2.04. The average Bonchev–Trinajstić information content (AvgIpc) is 2.57. The second-order valence-electron chi connectivity index (χ2n) is 5.06. The number of carbonyl (C=O) groups is 1. The van der Waals surface area contributed by atoms with Crippen LogP contribution in [0.3, 0.4) is 0 Å². The molecular weight excluding hydrogens is 332 g/mol. The summed E-state index contributed by atoms with van der Waals surface area (Å²) >= 11 is 6.24. The molecular formula is C17H11ClN2O4. The number of non-ortho nitro benzene ring substituents is 1. The Balaban J connectivity index is 2.18. The number of rotatable bonds is 4. The van der Waals surface area contributed by atoms with Gasteiger partial charge in [0.15, 0.2) is 0 Å². The molecule has 0 aliphatic heterocycles. The smallest absolute Gasteiger partial charge is 0.337 e. The maximum Gasteiger partial charge on any atom is 0.337 e. The van der Waals surface area contributed by atoms with Crippen LogP contribution in [0.5, 0.6) is 0 Å². The zero-order valence-corrected chi connectivity index (χ0v) is 12.9. The van der Waals surface area contributed by atoms with Gasteiger partial charge in [-0.3, -0.25) is 10.1 Å². The van der Waals surface area contributed by atoms with E-state index in [1.165, 1.54) is 12.1 Å². The number of hydrogen-bond acceptors (Lipinski definition) is 4. The van der Waals surface area contributed by atoms with Crippen molar-refractivity contribution < 1.29 is 14.8 Å². The molecule has 0 unspecified atom stereocenters. The van der Waals surface area contributed by atoms with Crippen LogP contribution in [0.15, 0.2) is 54.6 Å². The van der Waals surface area contributed by atoms with Gasteiger partial charge in [0.2, 0.25) is 0 Å². The molecule has 0 aliphatic rings. The Morgan fingerprint density at radius 2 is 1.88 bits per heavy atom. The first-order valence-corrected chi connectivity index (χ1v) is 7.31. The minimum atomic E-state index is -1.19. The van der Waals surface area contributed by atoms with E-state index in [4.69, 9.17) is 11.6 Å². The number of benzene rings is 3. The number of fused-ring (bicyclic) bond motifs is 1. The molecule has 0 spiro atoms. The lowest BCUT2D eigenvalue weighted by atomic mass is 10.1. The number of aromatic carboxylic acids is 1. The van der Waals surface area contributed by atoms with E-state index < -0.39 is 10.9 Å². The number of carboxylic acid groups (broad SMARTS) is 1. The van der Waals surface area contributed by atoms with E-state index >= 15 is 0 Å². The van der Waals surface area contributed by atoms with E-state index in [-0.39, 0.29) is 16.9 Å². The van der Waals surface area contributed by atoms with E-state index in [1.54, 1.807) is 6.07 Å². The molecule has 7 heteroatoms. The number of nitro groups is 1. The second-order valence-corrected chi connectivity index (χ2v) is 5.47. The standard InChI is InChI=1S/C17H11ClN2O4/c18-14-8-5-10-3-1-2-4-12(10)16(14)19-15-9-11(20(23)24)6-7-13(15)17(21)22/h1-9,19H,(H,21,22). The fraction of sp³-hybridized carbons (Fsp3) is 0. The maximum absolute atomic E-state index is 11.4. The SMILES string of the molecule is O=C(O)c1ccc([N+](=O)[O-])cc1Nc1c(Cl)ccc2ccccc12. The normalized spacial score (nSPS) is 10.5. The average molecular weight is 343 g/mol. The lowest BCUT2D eigenvalue weighted by Gasteiger charge is -2.13. The number of carboxylic acids is 1. The van der Waals surface area contributed by atoms with Gasteiger partial charge >= 0.3 is 5.97 Å². The Bertz CT molecular complexity index is 972. The van der Waals surface area contributed by atoms with Crippen molar-refractivity contribution in [1.82, 2.24) is 0 Å². The molecule has 6 nitrogen and oxygen atoms in total. The third-order valence-electron chi connectivity index (χ3n) is 3.58. The van der Waals surface area contributed by atoms with Crippen molar-refractivity contribution in [2.75, 3.05) is 5.32 Å². The Morgan fingerprint density at radius 3 is 2.58 bits per heavy atom. The maximum atomic E-state index is 11.4. The molecule has 0 saturated carbocycles. The number of nitrogens with zero attached hydrogens (tertiary/aromatic N) is 1. The van der Waals surface area contributed by atoms with Crippen molar-refractivity contribution >= 4 is 45.4 Å². The summed E-state index contributed by atoms with van der Waals surface area (Å²) in [5.74, 6) is -1.19. The van der Waals surface area contributed by atoms with Crippen LogP contribution in [-0.2, 0) is 0 Å². The van der Waals surface area contributed by atoms with Gasteiger partial charge in [0, 0.05) is 17.5 Å². The fourth-order valence-electron chi connectivity index (χ4n) is 2.44. The summed E-state index contributed by atoms with van der Waals surface area (Å²) in [6.45, 7) is 0. The molecule has 0 saturated heterocycles. The minimum absolute atomic E-state index is 0.0791. The monoisotopic (exact) mass is 342 g/mol. The van der Waals surface area contributed by atoms with Crippen molar-refractivity contribution in [2.45, 2.75) is 0 Å². The largest absolute Gasteiger partial charge is 0.478 e. The molecule has 0 atom stereocenters. The summed E-state index contributed by atoms with van der Waals surface area (Å²) in [6, 6.07) is 14.5. The topological polar surface area (TPSA) is 92.5 Å². The van der Waals surface area contributed by atoms with Crippen LogP contribution in [0.4, 0.5) is 17.1 Å². The van der Waals surface area contributed by atoms with Crippen molar-refractivity contribution in [3.63, 3.8) is 0 Å². The third kappa shape index (κ3) is 2.87. The highest BCUT2D eigenvalue weighted by Crippen LogP contribution is 2.35. The first-order chi connectivity index (χ1) is 11.5. The molecule has 0 bridgehead atoms. The summed E-state index contributed by atoms with van der Waals surface area (Å²) in [5, 5.41) is 25.3. The number of anilines is 2. The molecule has 120 valence electrons. The van der Waals surface area contributed by atoms with Crippen LogP contribution in [0, 0.1) is 10.1 Å². The van der Waals surface area contributed by atoms with Crippen molar-refractivity contribution in [3.8, 4) is 0 Å². The van der Waals surface area contributed by atoms with Crippen LogP contribution in [0.25, 0.3) is 10.8 Å². The van der Waals surface area contributed by atoms with Gasteiger partial charge in [0.1, 0.15) is 0 Å². The van der Waals surface area contributed by atoms with E-state index in [9.17, 15) is 20.0 Å². The molecule has 3 rings (SSSR count). The molecule has 0 heterocycles. The number of nitro benzene ring substituents is 1. The van der Waals surface area contributed by atoms with Gasteiger partial charge < -0.3 is 10.4 Å². The summed E-state index contributed by atoms with van der Waals surface area (Å²) in [4.78, 5) is 21.8. The summed E-state index contributed by atoms with van der Waals surface area (Å²) in [6.07, 6.45) is 0. The molecule has 0 aromatic heterocycles. The number of halogens is 1. The van der Waals surface area contributed by atoms with Crippen molar-refractivity contribution in [2.24, 2.45) is 0 Å². The van der Waals surface area contributed by atoms with Gasteiger partial charge in [-0.2, -0.15) is 0 Å². The van der Waals surface area contributed by atoms with Gasteiger partial charge in [0.25, 0.3) is 5.69 Å². The van der Waals surface area contributed by atoms with Crippen LogP contribution in [-0.4, -0.2) is 16.0 Å². The summed E-state index contributed by atoms with van der Waals surface area (Å²) in [7, 11) is 0. The molecule has 3 aromatic rings. The Morgan fingerprint density at radius 1 is 1.12 bits per heavy atom. The van der Waals surface area contributed by atoms with Crippen LogP contribution in [0.2, 0.25) is 5.02 Å². The van der Waals surface area contributed by atoms with Gasteiger partial charge in [-0.1, -0.05) is 41.9 Å². The van der Waals surface area contributed by atoms with Crippen LogP contribution in [0.1, 0.15) is 10.4 Å². The molecule has 0 radical (unpaired) electrons. The molecule has 24 heavy (non-hydrogen) atoms. The molecule has 0 aliphatic carbocycles. The van der Waals surface area contributed by atoms with E-state index in [0.717, 1.165) is 16.8 Å². The van der Waals surface area contributed by atoms with Crippen LogP contribution < -0.4 is 5.32 Å². The minimum Gasteiger partial charge on any atom is -0.478 e. The van der Waals surface area contributed by atoms with Gasteiger partial charge in [-0.05, 0) is 17.5 Å². The first kappa shape index (κ1) is 15.8. The molecule has 2 N–H and O–H groups in total. The summed E-state index contributed by atoms with van der Waals surface area (Å²) < 4.78 is 0. The Kier molecular flexibility index (Phi) is 4.05. The zero-order chi connectivity index (χ0) is 17.3. The van der Waals surface area contributed by atoms with Gasteiger partial charge in [-0.25, -0.2) is 4.79 Å². The molecule has 0 fully saturated rings. The lowest BCUT2D eigenvalue weighted by molar-refractivity contribution is -0.384. The quantitative estimate of drug-likeness (QED) is 0.522. The Labute approximate surface area is 141 Å². The third-order valence-corrected chi connectivity index (χ3v) is 3.90. The van der Waals surface area contributed by atoms with Crippen molar-refractivity contribution in [1.29, 1.82) is 0 Å². The predicted octanol–water partition coefficient (Wildman–Crippen LogP) is 4.84. The highest BCUT2D eigenvalue weighted by atomic mass is 35.5. The Hall–Kier alpha value is -3.12. The van der Waals surface area contributed by atoms with Crippen molar-refractivity contribution in [3.05, 3.63) is 75.3 Å². The van der Waals surface area contributed by atoms with E-state index in [2.05, 4.69) is 5.32 Å². The highest BCUT2D eigenvalue weighted by molar-refractivity contribution is 6.35.